The molecule has 0 atom stereocenters. The predicted molar refractivity (Wildman–Crippen MR) is 129 cm³/mol. The molecule has 0 saturated heterocycles. The number of fused-ring (bicyclic) bond motifs is 1. The quantitative estimate of drug-likeness (QED) is 0.406. The van der Waals surface area contributed by atoms with Crippen molar-refractivity contribution in [2.75, 3.05) is 27.3 Å². The van der Waals surface area contributed by atoms with Crippen LogP contribution in [0.5, 0.6) is 11.5 Å². The van der Waals surface area contributed by atoms with Crippen molar-refractivity contribution in [3.63, 3.8) is 0 Å². The number of rotatable bonds is 8. The number of hydrogen-bond donors (Lipinski definition) is 1. The van der Waals surface area contributed by atoms with Gasteiger partial charge in [-0.2, -0.15) is 0 Å². The van der Waals surface area contributed by atoms with Gasteiger partial charge in [-0.25, -0.2) is 4.98 Å². The lowest BCUT2D eigenvalue weighted by molar-refractivity contribution is 0.0827. The number of amides is 2. The highest BCUT2D eigenvalue weighted by atomic mass is 16.5. The van der Waals surface area contributed by atoms with Crippen LogP contribution in [0.1, 0.15) is 20.8 Å². The summed E-state index contributed by atoms with van der Waals surface area (Å²) in [5.74, 6) is 0.731. The van der Waals surface area contributed by atoms with Crippen molar-refractivity contribution in [1.29, 1.82) is 0 Å². The summed E-state index contributed by atoms with van der Waals surface area (Å²) in [4.78, 5) is 33.7. The highest BCUT2D eigenvalue weighted by Crippen LogP contribution is 2.28. The first-order valence-corrected chi connectivity index (χ1v) is 10.6. The van der Waals surface area contributed by atoms with Crippen LogP contribution in [0.15, 0.2) is 73.1 Å². The van der Waals surface area contributed by atoms with Gasteiger partial charge >= 0.3 is 0 Å². The Bertz CT molecular complexity index is 1320. The summed E-state index contributed by atoms with van der Waals surface area (Å²) in [5.41, 5.74) is 8.54. The van der Waals surface area contributed by atoms with Gasteiger partial charge in [0.05, 0.1) is 5.52 Å². The van der Waals surface area contributed by atoms with Crippen molar-refractivity contribution in [2.24, 2.45) is 5.73 Å². The highest BCUT2D eigenvalue weighted by molar-refractivity contribution is 5.98. The molecule has 8 heteroatoms. The van der Waals surface area contributed by atoms with Crippen molar-refractivity contribution in [3.8, 4) is 22.6 Å². The van der Waals surface area contributed by atoms with Gasteiger partial charge in [-0.1, -0.05) is 12.1 Å². The molecule has 0 aliphatic heterocycles. The largest absolute Gasteiger partial charge is 0.490 e. The molecule has 8 nitrogen and oxygen atoms in total. The monoisotopic (exact) mass is 456 g/mol. The summed E-state index contributed by atoms with van der Waals surface area (Å²) in [6.07, 6.45) is 3.41. The molecule has 0 spiro atoms. The number of nitrogens with zero attached hydrogens (tertiary/aromatic N) is 3. The van der Waals surface area contributed by atoms with Gasteiger partial charge in [-0.15, -0.1) is 0 Å². The van der Waals surface area contributed by atoms with Crippen LogP contribution in [0.4, 0.5) is 0 Å². The molecule has 2 aromatic carbocycles. The summed E-state index contributed by atoms with van der Waals surface area (Å²) in [6, 6.07) is 17.9. The molecule has 4 rings (SSSR count). The predicted octanol–water partition coefficient (Wildman–Crippen LogP) is 3.56. The maximum atomic E-state index is 11.9. The lowest BCUT2D eigenvalue weighted by atomic mass is 10.0. The number of carbonyl (C=O) groups excluding carboxylic acids is 2. The highest BCUT2D eigenvalue weighted by Gasteiger charge is 2.10. The number of primary amides is 1. The average molecular weight is 457 g/mol. The number of benzene rings is 2. The zero-order chi connectivity index (χ0) is 24.1. The maximum Gasteiger partial charge on any atom is 0.267 e. The van der Waals surface area contributed by atoms with E-state index in [0.717, 1.165) is 16.5 Å². The second-order valence-electron chi connectivity index (χ2n) is 7.76. The fourth-order valence-electron chi connectivity index (χ4n) is 3.39. The van der Waals surface area contributed by atoms with E-state index in [0.29, 0.717) is 35.8 Å². The lowest BCUT2D eigenvalue weighted by Gasteiger charge is -2.12. The Hall–Kier alpha value is -4.46. The van der Waals surface area contributed by atoms with Crippen molar-refractivity contribution in [3.05, 3.63) is 84.3 Å². The van der Waals surface area contributed by atoms with Crippen molar-refractivity contribution >= 4 is 22.7 Å². The number of ether oxygens (including phenoxy) is 2. The van der Waals surface area contributed by atoms with Crippen LogP contribution in [0.2, 0.25) is 0 Å². The van der Waals surface area contributed by atoms with E-state index in [1.165, 1.54) is 4.90 Å². The van der Waals surface area contributed by atoms with E-state index in [9.17, 15) is 9.59 Å². The Morgan fingerprint density at radius 2 is 1.47 bits per heavy atom. The minimum Gasteiger partial charge on any atom is -0.490 e. The Morgan fingerprint density at radius 1 is 0.853 bits per heavy atom. The fraction of sp³-hybridized carbons (Fsp3) is 0.154. The van der Waals surface area contributed by atoms with Gasteiger partial charge in [0.2, 0.25) is 0 Å². The number of pyridine rings is 2. The summed E-state index contributed by atoms with van der Waals surface area (Å²) in [7, 11) is 3.43. The SMILES string of the molecule is CN(C)C(=O)c1ccc(OCCOc2ccc(-c3cncc4ccc(C(N)=O)nc34)cc2)cc1. The minimum absolute atomic E-state index is 0.0540. The molecule has 0 saturated carbocycles. The first-order chi connectivity index (χ1) is 16.4. The minimum atomic E-state index is -0.575. The molecule has 34 heavy (non-hydrogen) atoms. The Balaban J connectivity index is 1.36. The van der Waals surface area contributed by atoms with E-state index in [2.05, 4.69) is 9.97 Å². The fourth-order valence-corrected chi connectivity index (χ4v) is 3.39. The summed E-state index contributed by atoms with van der Waals surface area (Å²) in [6.45, 7) is 0.715. The van der Waals surface area contributed by atoms with Crippen LogP contribution < -0.4 is 15.2 Å². The molecule has 0 unspecified atom stereocenters. The van der Waals surface area contributed by atoms with Crippen molar-refractivity contribution in [2.45, 2.75) is 0 Å². The number of nitrogens with two attached hydrogens (primary N) is 1. The summed E-state index contributed by atoms with van der Waals surface area (Å²) in [5, 5.41) is 0.819. The van der Waals surface area contributed by atoms with Gasteiger partial charge < -0.3 is 20.1 Å². The van der Waals surface area contributed by atoms with E-state index in [1.807, 2.05) is 24.3 Å². The van der Waals surface area contributed by atoms with Crippen molar-refractivity contribution in [1.82, 2.24) is 14.9 Å². The van der Waals surface area contributed by atoms with E-state index in [-0.39, 0.29) is 11.6 Å². The summed E-state index contributed by atoms with van der Waals surface area (Å²) >= 11 is 0. The Labute approximate surface area is 197 Å². The van der Waals surface area contributed by atoms with Crippen LogP contribution in [0, 0.1) is 0 Å². The standard InChI is InChI=1S/C26H24N4O4/c1-30(2)26(32)18-5-10-21(11-6-18)34-14-13-33-20-8-3-17(4-9-20)22-16-28-15-19-7-12-23(25(27)31)29-24(19)22/h3-12,15-16H,13-14H2,1-2H3,(H2,27,31). The lowest BCUT2D eigenvalue weighted by Crippen LogP contribution is -2.21. The van der Waals surface area contributed by atoms with Crippen molar-refractivity contribution < 1.29 is 19.1 Å². The number of carbonyl (C=O) groups is 2. The molecule has 0 radical (unpaired) electrons. The zero-order valence-corrected chi connectivity index (χ0v) is 18.9. The van der Waals surface area contributed by atoms with Gasteiger partial charge in [-0.05, 0) is 54.1 Å². The van der Waals surface area contributed by atoms with Gasteiger partial charge in [0.15, 0.2) is 0 Å². The van der Waals surface area contributed by atoms with Crippen LogP contribution in [0.3, 0.4) is 0 Å². The van der Waals surface area contributed by atoms with Gasteiger partial charge in [0.1, 0.15) is 30.4 Å². The van der Waals surface area contributed by atoms with E-state index in [4.69, 9.17) is 15.2 Å². The number of hydrogen-bond acceptors (Lipinski definition) is 6. The van der Waals surface area contributed by atoms with Crippen LogP contribution >= 0.6 is 0 Å². The molecule has 2 N–H and O–H groups in total. The zero-order valence-electron chi connectivity index (χ0n) is 18.9. The third-order valence-electron chi connectivity index (χ3n) is 5.14. The normalized spacial score (nSPS) is 10.6. The van der Waals surface area contributed by atoms with Gasteiger partial charge in [-0.3, -0.25) is 14.6 Å². The molecule has 172 valence electrons. The van der Waals surface area contributed by atoms with Crippen LogP contribution in [-0.2, 0) is 0 Å². The second kappa shape index (κ2) is 9.99. The summed E-state index contributed by atoms with van der Waals surface area (Å²) < 4.78 is 11.5. The van der Waals surface area contributed by atoms with Crippen LogP contribution in [0.25, 0.3) is 22.0 Å². The molecule has 2 amide bonds. The third kappa shape index (κ3) is 5.12. The van der Waals surface area contributed by atoms with E-state index in [1.54, 1.807) is 62.9 Å². The Morgan fingerprint density at radius 3 is 2.06 bits per heavy atom. The average Bonchev–Trinajstić information content (AvgIpc) is 2.86. The molecular weight excluding hydrogens is 432 g/mol. The molecule has 4 aromatic rings. The Kier molecular flexibility index (Phi) is 6.68. The first-order valence-electron chi connectivity index (χ1n) is 10.6. The van der Waals surface area contributed by atoms with Gasteiger partial charge in [0.25, 0.3) is 11.8 Å². The van der Waals surface area contributed by atoms with Gasteiger partial charge in [0, 0.05) is 43.0 Å². The molecule has 0 aliphatic carbocycles. The first kappa shape index (κ1) is 22.7. The third-order valence-corrected chi connectivity index (χ3v) is 5.14. The van der Waals surface area contributed by atoms with Crippen LogP contribution in [-0.4, -0.2) is 54.0 Å². The smallest absolute Gasteiger partial charge is 0.267 e. The molecule has 2 aromatic heterocycles. The number of aromatic nitrogens is 2. The maximum absolute atomic E-state index is 11.9. The molecule has 2 heterocycles. The topological polar surface area (TPSA) is 108 Å². The van der Waals surface area contributed by atoms with E-state index >= 15 is 0 Å². The second-order valence-corrected chi connectivity index (χ2v) is 7.76. The molecule has 0 aliphatic rings. The molecular formula is C26H24N4O4. The molecule has 0 fully saturated rings. The molecule has 0 bridgehead atoms. The van der Waals surface area contributed by atoms with E-state index < -0.39 is 5.91 Å².